The Hall–Kier alpha value is -2.51. The number of aromatic nitrogens is 2. The Kier molecular flexibility index (Phi) is 8.54. The van der Waals surface area contributed by atoms with E-state index in [0.29, 0.717) is 32.5 Å². The van der Waals surface area contributed by atoms with E-state index < -0.39 is 27.4 Å². The molecule has 0 unspecified atom stereocenters. The second-order valence-electron chi connectivity index (χ2n) is 9.58. The van der Waals surface area contributed by atoms with Gasteiger partial charge in [0.2, 0.25) is 5.91 Å². The topological polar surface area (TPSA) is 159 Å². The molecule has 0 aromatic carbocycles. The van der Waals surface area contributed by atoms with Crippen LogP contribution in [0.3, 0.4) is 0 Å². The molecular formula is C22H34N4O8S. The Balaban J connectivity index is 0.000000509. The van der Waals surface area contributed by atoms with E-state index in [-0.39, 0.29) is 18.1 Å². The maximum Gasteiger partial charge on any atom is 0.414 e. The maximum absolute atomic E-state index is 12.4. The lowest BCUT2D eigenvalue weighted by molar-refractivity contribution is -0.159. The molecule has 2 aliphatic heterocycles. The zero-order valence-corrected chi connectivity index (χ0v) is 21.0. The fourth-order valence-electron chi connectivity index (χ4n) is 4.55. The molecule has 1 aliphatic carbocycles. The minimum Gasteiger partial charge on any atom is -0.473 e. The number of aliphatic carboxylic acids is 2. The first-order chi connectivity index (χ1) is 16.4. The predicted octanol–water partition coefficient (Wildman–Crippen LogP) is 0.163. The number of fused-ring (bicyclic) bond motifs is 2. The number of imidazole rings is 1. The van der Waals surface area contributed by atoms with E-state index in [1.54, 1.807) is 4.90 Å². The van der Waals surface area contributed by atoms with Gasteiger partial charge in [-0.15, -0.1) is 0 Å². The number of likely N-dealkylation sites (tertiary alicyclic amines) is 1. The van der Waals surface area contributed by atoms with Crippen LogP contribution in [0.25, 0.3) is 0 Å². The first-order valence-electron chi connectivity index (χ1n) is 11.7. The Morgan fingerprint density at radius 1 is 1.17 bits per heavy atom. The Morgan fingerprint density at radius 3 is 2.34 bits per heavy atom. The van der Waals surface area contributed by atoms with Crippen LogP contribution < -0.4 is 0 Å². The van der Waals surface area contributed by atoms with Crippen LogP contribution in [0.15, 0.2) is 6.20 Å². The number of rotatable bonds is 7. The number of carboxylic acid groups (broad SMARTS) is 2. The largest absolute Gasteiger partial charge is 0.473 e. The first kappa shape index (κ1) is 27.1. The van der Waals surface area contributed by atoms with Gasteiger partial charge in [0.25, 0.3) is 0 Å². The second kappa shape index (κ2) is 11.0. The molecule has 196 valence electrons. The number of nitrogens with zero attached hydrogens (tertiary/aromatic N) is 4. The number of amides is 1. The van der Waals surface area contributed by atoms with E-state index in [9.17, 15) is 13.2 Å². The van der Waals surface area contributed by atoms with E-state index in [1.165, 1.54) is 24.8 Å². The van der Waals surface area contributed by atoms with Crippen molar-refractivity contribution in [1.29, 1.82) is 0 Å². The van der Waals surface area contributed by atoms with Gasteiger partial charge in [-0.2, -0.15) is 0 Å². The molecule has 1 spiro atoms. The summed E-state index contributed by atoms with van der Waals surface area (Å²) in [5.41, 5.74) is 0.802. The van der Waals surface area contributed by atoms with Gasteiger partial charge < -0.3 is 29.3 Å². The van der Waals surface area contributed by atoms with Gasteiger partial charge in [-0.1, -0.05) is 0 Å². The molecule has 0 radical (unpaired) electrons. The van der Waals surface area contributed by atoms with E-state index >= 15 is 0 Å². The zero-order valence-electron chi connectivity index (χ0n) is 20.2. The van der Waals surface area contributed by atoms with E-state index in [4.69, 9.17) is 29.5 Å². The Morgan fingerprint density at radius 2 is 1.80 bits per heavy atom. The highest BCUT2D eigenvalue weighted by Crippen LogP contribution is 2.39. The lowest BCUT2D eigenvalue weighted by Gasteiger charge is -2.43. The van der Waals surface area contributed by atoms with Crippen LogP contribution in [0.5, 0.6) is 0 Å². The van der Waals surface area contributed by atoms with Crippen molar-refractivity contribution in [2.45, 2.75) is 50.8 Å². The highest BCUT2D eigenvalue weighted by atomic mass is 32.2. The van der Waals surface area contributed by atoms with Gasteiger partial charge in [-0.3, -0.25) is 4.79 Å². The quantitative estimate of drug-likeness (QED) is 0.480. The van der Waals surface area contributed by atoms with Crippen LogP contribution in [-0.4, -0.2) is 101 Å². The van der Waals surface area contributed by atoms with Crippen LogP contribution >= 0.6 is 0 Å². The number of carbonyl (C=O) groups excluding carboxylic acids is 1. The molecule has 3 aliphatic rings. The first-order valence-corrected chi connectivity index (χ1v) is 13.8. The summed E-state index contributed by atoms with van der Waals surface area (Å²) in [6.45, 7) is 4.67. The van der Waals surface area contributed by atoms with Crippen LogP contribution in [0.2, 0.25) is 0 Å². The lowest BCUT2D eigenvalue weighted by Crippen LogP contribution is -2.50. The average molecular weight is 515 g/mol. The Bertz CT molecular complexity index is 1030. The van der Waals surface area contributed by atoms with Crippen molar-refractivity contribution in [3.8, 4) is 0 Å². The highest BCUT2D eigenvalue weighted by Gasteiger charge is 2.44. The lowest BCUT2D eigenvalue weighted by atomic mass is 9.89. The van der Waals surface area contributed by atoms with Crippen molar-refractivity contribution in [2.75, 3.05) is 45.3 Å². The van der Waals surface area contributed by atoms with Crippen LogP contribution in [0.4, 0.5) is 0 Å². The monoisotopic (exact) mass is 514 g/mol. The minimum atomic E-state index is -3.13. The SMILES string of the molecule is CN(Cc1cnc2n1CCOC21CCN(C(=O)CCS(C)(=O)=O)CC1)CC1CC1.O=C(O)C(=O)O. The molecule has 1 aromatic rings. The summed E-state index contributed by atoms with van der Waals surface area (Å²) >= 11 is 0. The predicted molar refractivity (Wildman–Crippen MR) is 124 cm³/mol. The van der Waals surface area contributed by atoms with Crippen LogP contribution in [-0.2, 0) is 47.6 Å². The zero-order chi connectivity index (χ0) is 25.8. The smallest absolute Gasteiger partial charge is 0.414 e. The van der Waals surface area contributed by atoms with Gasteiger partial charge in [0.05, 0.1) is 18.1 Å². The molecule has 1 saturated heterocycles. The van der Waals surface area contributed by atoms with E-state index in [2.05, 4.69) is 16.5 Å². The summed E-state index contributed by atoms with van der Waals surface area (Å²) < 4.78 is 31.2. The fourth-order valence-corrected chi connectivity index (χ4v) is 5.09. The Labute approximate surface area is 204 Å². The maximum atomic E-state index is 12.4. The molecule has 1 saturated carbocycles. The average Bonchev–Trinajstić information content (AvgIpc) is 3.50. The van der Waals surface area contributed by atoms with E-state index in [0.717, 1.165) is 31.4 Å². The molecule has 2 fully saturated rings. The highest BCUT2D eigenvalue weighted by molar-refractivity contribution is 7.90. The van der Waals surface area contributed by atoms with Crippen molar-refractivity contribution >= 4 is 27.7 Å². The molecule has 3 heterocycles. The summed E-state index contributed by atoms with van der Waals surface area (Å²) in [4.78, 5) is 39.5. The summed E-state index contributed by atoms with van der Waals surface area (Å²) in [6, 6.07) is 0. The minimum absolute atomic E-state index is 0.0544. The van der Waals surface area contributed by atoms with Gasteiger partial charge in [0.15, 0.2) is 0 Å². The summed E-state index contributed by atoms with van der Waals surface area (Å²) in [7, 11) is -0.951. The standard InChI is InChI=1S/C20H32N4O4S.C2H2O4/c1-22(14-16-3-4-16)15-17-13-21-19-20(28-11-10-24(17)19)6-8-23(9-7-20)18(25)5-12-29(2,26)27;3-1(4)2(5)6/h13,16H,3-12,14-15H2,1-2H3;(H,3,4)(H,5,6). The number of hydrogen-bond donors (Lipinski definition) is 2. The van der Waals surface area contributed by atoms with Crippen molar-refractivity contribution in [1.82, 2.24) is 19.4 Å². The fraction of sp³-hybridized carbons (Fsp3) is 0.727. The number of carboxylic acids is 2. The summed E-state index contributed by atoms with van der Waals surface area (Å²) in [5.74, 6) is -1.98. The van der Waals surface area contributed by atoms with Gasteiger partial charge >= 0.3 is 11.9 Å². The number of ether oxygens (including phenoxy) is 1. The number of carbonyl (C=O) groups is 3. The third-order valence-corrected chi connectivity index (χ3v) is 7.48. The van der Waals surface area contributed by atoms with Crippen molar-refractivity contribution in [3.63, 3.8) is 0 Å². The number of hydrogen-bond acceptors (Lipinski definition) is 8. The molecular weight excluding hydrogens is 480 g/mol. The van der Waals surface area contributed by atoms with E-state index in [1.807, 2.05) is 6.20 Å². The normalized spacial score (nSPS) is 19.1. The third kappa shape index (κ3) is 7.48. The summed E-state index contributed by atoms with van der Waals surface area (Å²) in [5, 5.41) is 14.8. The van der Waals surface area contributed by atoms with Crippen LogP contribution in [0.1, 0.15) is 43.6 Å². The molecule has 1 aromatic heterocycles. The molecule has 12 nitrogen and oxygen atoms in total. The molecule has 2 N–H and O–H groups in total. The molecule has 1 amide bonds. The molecule has 0 bridgehead atoms. The third-order valence-electron chi connectivity index (χ3n) is 6.53. The second-order valence-corrected chi connectivity index (χ2v) is 11.8. The van der Waals surface area contributed by atoms with Gasteiger partial charge in [-0.25, -0.2) is 23.0 Å². The van der Waals surface area contributed by atoms with Crippen molar-refractivity contribution < 1.29 is 37.8 Å². The van der Waals surface area contributed by atoms with Gasteiger partial charge in [0, 0.05) is 64.4 Å². The number of sulfone groups is 1. The molecule has 4 rings (SSSR count). The molecule has 13 heteroatoms. The summed E-state index contributed by atoms with van der Waals surface area (Å²) in [6.07, 6.45) is 7.31. The van der Waals surface area contributed by atoms with Gasteiger partial charge in [-0.05, 0) is 25.8 Å². The van der Waals surface area contributed by atoms with Crippen LogP contribution in [0, 0.1) is 5.92 Å². The number of piperidine rings is 1. The van der Waals surface area contributed by atoms with Crippen molar-refractivity contribution in [2.24, 2.45) is 5.92 Å². The molecule has 35 heavy (non-hydrogen) atoms. The molecule has 0 atom stereocenters. The van der Waals surface area contributed by atoms with Crippen molar-refractivity contribution in [3.05, 3.63) is 17.7 Å². The van der Waals surface area contributed by atoms with Gasteiger partial charge in [0.1, 0.15) is 21.3 Å².